The topological polar surface area (TPSA) is 69.6 Å². The molecule has 2 N–H and O–H groups in total. The van der Waals surface area contributed by atoms with Gasteiger partial charge in [-0.15, -0.1) is 0 Å². The van der Waals surface area contributed by atoms with Crippen LogP contribution in [0.25, 0.3) is 0 Å². The van der Waals surface area contributed by atoms with Crippen molar-refractivity contribution in [1.82, 2.24) is 10.2 Å². The monoisotopic (exact) mass is 284 g/mol. The summed E-state index contributed by atoms with van der Waals surface area (Å²) in [5, 5.41) is 11.7. The molecule has 0 saturated carbocycles. The molecule has 1 saturated heterocycles. The molecule has 1 aliphatic rings. The molecule has 0 aromatic heterocycles. The van der Waals surface area contributed by atoms with Crippen LogP contribution in [0.3, 0.4) is 0 Å². The van der Waals surface area contributed by atoms with Gasteiger partial charge in [0.25, 0.3) is 0 Å². The van der Waals surface area contributed by atoms with Crippen molar-refractivity contribution in [3.05, 3.63) is 0 Å². The fourth-order valence-corrected chi connectivity index (χ4v) is 2.93. The number of likely N-dealkylation sites (tertiary alicyclic amines) is 1. The predicted molar refractivity (Wildman–Crippen MR) is 78.7 cm³/mol. The van der Waals surface area contributed by atoms with Crippen LogP contribution in [-0.4, -0.2) is 41.1 Å². The number of carboxylic acid groups (broad SMARTS) is 1. The smallest absolute Gasteiger partial charge is 0.326 e. The molecule has 0 bridgehead atoms. The van der Waals surface area contributed by atoms with E-state index >= 15 is 0 Å². The third-order valence-electron chi connectivity index (χ3n) is 4.78. The van der Waals surface area contributed by atoms with Crippen LogP contribution in [0.2, 0.25) is 0 Å². The summed E-state index contributed by atoms with van der Waals surface area (Å²) in [5.41, 5.74) is 0.367. The zero-order valence-corrected chi connectivity index (χ0v) is 12.9. The lowest BCUT2D eigenvalue weighted by molar-refractivity contribution is -0.139. The lowest BCUT2D eigenvalue weighted by Gasteiger charge is -2.41. The SMILES string of the molecule is CCC[C@@H](NC(=O)N1CCC(CC)(CC)CC1)C(=O)O. The molecule has 1 aliphatic heterocycles. The second-order valence-electron chi connectivity index (χ2n) is 5.82. The Balaban J connectivity index is 2.52. The zero-order chi connectivity index (χ0) is 15.2. The van der Waals surface area contributed by atoms with E-state index in [-0.39, 0.29) is 6.03 Å². The third-order valence-corrected chi connectivity index (χ3v) is 4.78. The molecule has 5 nitrogen and oxygen atoms in total. The molecule has 1 heterocycles. The lowest BCUT2D eigenvalue weighted by Crippen LogP contribution is -2.51. The number of hydrogen-bond donors (Lipinski definition) is 2. The summed E-state index contributed by atoms with van der Waals surface area (Å²) in [6.45, 7) is 7.79. The number of amides is 2. The highest BCUT2D eigenvalue weighted by atomic mass is 16.4. The van der Waals surface area contributed by atoms with E-state index in [2.05, 4.69) is 19.2 Å². The molecule has 5 heteroatoms. The fraction of sp³-hybridized carbons (Fsp3) is 0.867. The molecule has 0 aromatic carbocycles. The first-order valence-corrected chi connectivity index (χ1v) is 7.76. The summed E-state index contributed by atoms with van der Waals surface area (Å²) in [6, 6.07) is -0.997. The van der Waals surface area contributed by atoms with Crippen molar-refractivity contribution in [3.63, 3.8) is 0 Å². The zero-order valence-electron chi connectivity index (χ0n) is 12.9. The van der Waals surface area contributed by atoms with Gasteiger partial charge in [0.05, 0.1) is 0 Å². The van der Waals surface area contributed by atoms with Gasteiger partial charge < -0.3 is 15.3 Å². The largest absolute Gasteiger partial charge is 0.480 e. The second-order valence-corrected chi connectivity index (χ2v) is 5.82. The normalized spacial score (nSPS) is 19.4. The molecule has 0 unspecified atom stereocenters. The number of rotatable bonds is 6. The van der Waals surface area contributed by atoms with Crippen LogP contribution in [-0.2, 0) is 4.79 Å². The minimum absolute atomic E-state index is 0.230. The van der Waals surface area contributed by atoms with Crippen LogP contribution >= 0.6 is 0 Å². The van der Waals surface area contributed by atoms with E-state index in [1.54, 1.807) is 4.90 Å². The Morgan fingerprint density at radius 2 is 1.75 bits per heavy atom. The Morgan fingerprint density at radius 1 is 1.20 bits per heavy atom. The van der Waals surface area contributed by atoms with Crippen molar-refractivity contribution >= 4 is 12.0 Å². The van der Waals surface area contributed by atoms with Crippen molar-refractivity contribution in [2.24, 2.45) is 5.41 Å². The minimum Gasteiger partial charge on any atom is -0.480 e. The van der Waals surface area contributed by atoms with Gasteiger partial charge in [0, 0.05) is 13.1 Å². The Labute approximate surface area is 121 Å². The quantitative estimate of drug-likeness (QED) is 0.788. The summed E-state index contributed by atoms with van der Waals surface area (Å²) in [5.74, 6) is -0.950. The molecule has 0 aromatic rings. The van der Waals surface area contributed by atoms with E-state index in [9.17, 15) is 9.59 Å². The number of carboxylic acids is 1. The van der Waals surface area contributed by atoms with E-state index in [1.807, 2.05) is 6.92 Å². The second kappa shape index (κ2) is 7.50. The number of piperidine rings is 1. The highest BCUT2D eigenvalue weighted by Crippen LogP contribution is 2.37. The number of hydrogen-bond acceptors (Lipinski definition) is 2. The molecule has 0 spiro atoms. The molecular weight excluding hydrogens is 256 g/mol. The predicted octanol–water partition coefficient (Wildman–Crippen LogP) is 2.85. The first-order valence-electron chi connectivity index (χ1n) is 7.76. The standard InChI is InChI=1S/C15H28N2O3/c1-4-7-12(13(18)19)16-14(20)17-10-8-15(5-2,6-3)9-11-17/h12H,4-11H2,1-3H3,(H,16,20)(H,18,19)/t12-/m1/s1. The van der Waals surface area contributed by atoms with Crippen LogP contribution in [0.15, 0.2) is 0 Å². The molecule has 1 atom stereocenters. The van der Waals surface area contributed by atoms with E-state index in [4.69, 9.17) is 5.11 Å². The summed E-state index contributed by atoms with van der Waals surface area (Å²) in [6.07, 6.45) is 5.53. The summed E-state index contributed by atoms with van der Waals surface area (Å²) in [4.78, 5) is 25.0. The Bertz CT molecular complexity index is 330. The highest BCUT2D eigenvalue weighted by molar-refractivity contribution is 5.82. The number of carbonyl (C=O) groups excluding carboxylic acids is 1. The van der Waals surface area contributed by atoms with Crippen LogP contribution in [0.4, 0.5) is 4.79 Å². The van der Waals surface area contributed by atoms with Crippen molar-refractivity contribution in [1.29, 1.82) is 0 Å². The fourth-order valence-electron chi connectivity index (χ4n) is 2.93. The van der Waals surface area contributed by atoms with Gasteiger partial charge in [0.15, 0.2) is 0 Å². The van der Waals surface area contributed by atoms with E-state index < -0.39 is 12.0 Å². The maximum Gasteiger partial charge on any atom is 0.326 e. The van der Waals surface area contributed by atoms with E-state index in [1.165, 1.54) is 0 Å². The van der Waals surface area contributed by atoms with Crippen LogP contribution < -0.4 is 5.32 Å². The molecular formula is C15H28N2O3. The first-order chi connectivity index (χ1) is 9.48. The molecule has 1 rings (SSSR count). The van der Waals surface area contributed by atoms with Crippen LogP contribution in [0, 0.1) is 5.41 Å². The van der Waals surface area contributed by atoms with Crippen LogP contribution in [0.5, 0.6) is 0 Å². The van der Waals surface area contributed by atoms with Crippen molar-refractivity contribution in [3.8, 4) is 0 Å². The maximum absolute atomic E-state index is 12.1. The minimum atomic E-state index is -0.950. The molecule has 0 aliphatic carbocycles. The Hall–Kier alpha value is -1.26. The molecule has 2 amide bonds. The first kappa shape index (κ1) is 16.8. The van der Waals surface area contributed by atoms with Crippen LogP contribution in [0.1, 0.15) is 59.3 Å². The highest BCUT2D eigenvalue weighted by Gasteiger charge is 2.33. The van der Waals surface area contributed by atoms with Gasteiger partial charge in [0.2, 0.25) is 0 Å². The van der Waals surface area contributed by atoms with Crippen molar-refractivity contribution < 1.29 is 14.7 Å². The maximum atomic E-state index is 12.1. The number of carbonyl (C=O) groups is 2. The summed E-state index contributed by atoms with van der Waals surface area (Å²) in [7, 11) is 0. The van der Waals surface area contributed by atoms with Gasteiger partial charge in [-0.3, -0.25) is 0 Å². The van der Waals surface area contributed by atoms with E-state index in [0.29, 0.717) is 11.8 Å². The van der Waals surface area contributed by atoms with Gasteiger partial charge in [-0.1, -0.05) is 40.0 Å². The molecule has 0 radical (unpaired) electrons. The van der Waals surface area contributed by atoms with E-state index in [0.717, 1.165) is 45.2 Å². The van der Waals surface area contributed by atoms with Gasteiger partial charge in [0.1, 0.15) is 6.04 Å². The number of nitrogens with zero attached hydrogens (tertiary/aromatic N) is 1. The molecule has 1 fully saturated rings. The Kier molecular flexibility index (Phi) is 6.30. The van der Waals surface area contributed by atoms with Crippen molar-refractivity contribution in [2.45, 2.75) is 65.3 Å². The van der Waals surface area contributed by atoms with Gasteiger partial charge in [-0.25, -0.2) is 9.59 Å². The number of nitrogens with one attached hydrogen (secondary N) is 1. The average Bonchev–Trinajstić information content (AvgIpc) is 2.46. The molecule has 20 heavy (non-hydrogen) atoms. The Morgan fingerprint density at radius 3 is 2.15 bits per heavy atom. The average molecular weight is 284 g/mol. The molecule has 116 valence electrons. The summed E-state index contributed by atoms with van der Waals surface area (Å²) >= 11 is 0. The van der Waals surface area contributed by atoms with Crippen molar-refractivity contribution in [2.75, 3.05) is 13.1 Å². The van der Waals surface area contributed by atoms with Gasteiger partial charge in [-0.2, -0.15) is 0 Å². The summed E-state index contributed by atoms with van der Waals surface area (Å²) < 4.78 is 0. The van der Waals surface area contributed by atoms with Gasteiger partial charge >= 0.3 is 12.0 Å². The lowest BCUT2D eigenvalue weighted by atomic mass is 9.74. The van der Waals surface area contributed by atoms with Gasteiger partial charge in [-0.05, 0) is 24.7 Å². The third kappa shape index (κ3) is 4.12. The number of urea groups is 1. The number of aliphatic carboxylic acids is 1.